The monoisotopic (exact) mass is 361 g/mol. The number of carboxylic acid groups (broad SMARTS) is 1. The van der Waals surface area contributed by atoms with E-state index in [2.05, 4.69) is 15.2 Å². The van der Waals surface area contributed by atoms with E-state index >= 15 is 0 Å². The second kappa shape index (κ2) is 8.71. The average molecular weight is 361 g/mol. The molecule has 0 aliphatic carbocycles. The topological polar surface area (TPSA) is 94.7 Å². The summed E-state index contributed by atoms with van der Waals surface area (Å²) >= 11 is 0. The fourth-order valence-electron chi connectivity index (χ4n) is 2.79. The molecule has 0 aliphatic heterocycles. The van der Waals surface area contributed by atoms with Crippen LogP contribution in [0.15, 0.2) is 24.4 Å². The predicted octanol–water partition coefficient (Wildman–Crippen LogP) is 2.86. The van der Waals surface area contributed by atoms with Crippen LogP contribution in [-0.2, 0) is 11.2 Å². The minimum absolute atomic E-state index is 0.196. The first-order valence-electron chi connectivity index (χ1n) is 8.78. The van der Waals surface area contributed by atoms with Crippen molar-refractivity contribution in [3.05, 3.63) is 30.0 Å². The summed E-state index contributed by atoms with van der Waals surface area (Å²) < 4.78 is 5.46. The van der Waals surface area contributed by atoms with Gasteiger partial charge in [-0.15, -0.1) is 0 Å². The molecule has 0 aliphatic rings. The summed E-state index contributed by atoms with van der Waals surface area (Å²) in [6.07, 6.45) is 2.60. The number of H-pyrrole nitrogens is 1. The van der Waals surface area contributed by atoms with Crippen LogP contribution in [0.25, 0.3) is 10.9 Å². The molecule has 0 radical (unpaired) electrons. The number of aromatic nitrogens is 1. The number of rotatable bonds is 8. The maximum absolute atomic E-state index is 12.3. The molecule has 2 rings (SSSR count). The summed E-state index contributed by atoms with van der Waals surface area (Å²) in [7, 11) is 4.00. The van der Waals surface area contributed by atoms with Gasteiger partial charge in [-0.05, 0) is 44.1 Å². The molecule has 1 aromatic heterocycles. The van der Waals surface area contributed by atoms with Gasteiger partial charge in [-0.25, -0.2) is 9.59 Å². The number of hydrogen-bond donors (Lipinski definition) is 3. The van der Waals surface area contributed by atoms with E-state index in [4.69, 9.17) is 4.74 Å². The first kappa shape index (κ1) is 19.8. The number of nitrogens with zero attached hydrogens (tertiary/aromatic N) is 1. The van der Waals surface area contributed by atoms with Crippen LogP contribution < -0.4 is 10.1 Å². The largest absolute Gasteiger partial charge is 0.480 e. The molecule has 1 heterocycles. The summed E-state index contributed by atoms with van der Waals surface area (Å²) in [5.41, 5.74) is 1.93. The van der Waals surface area contributed by atoms with Crippen molar-refractivity contribution in [3.8, 4) is 5.75 Å². The number of hydrogen-bond acceptors (Lipinski definition) is 4. The lowest BCUT2D eigenvalue weighted by Crippen LogP contribution is -2.46. The first-order chi connectivity index (χ1) is 12.3. The lowest BCUT2D eigenvalue weighted by atomic mass is 10.00. The SMILES string of the molecule is CC[C@@H](C)[C@@H](NC(=O)Oc1cccc2[nH]cc(CCN(C)C)c12)C(=O)O. The summed E-state index contributed by atoms with van der Waals surface area (Å²) in [4.78, 5) is 28.9. The van der Waals surface area contributed by atoms with Gasteiger partial charge in [0.15, 0.2) is 0 Å². The Morgan fingerprint density at radius 3 is 2.69 bits per heavy atom. The van der Waals surface area contributed by atoms with E-state index in [-0.39, 0.29) is 5.92 Å². The second-order valence-electron chi connectivity index (χ2n) is 6.78. The molecule has 7 heteroatoms. The number of amides is 1. The molecule has 0 spiro atoms. The smallest absolute Gasteiger partial charge is 0.413 e. The number of ether oxygens (including phenoxy) is 1. The molecule has 3 N–H and O–H groups in total. The molecule has 142 valence electrons. The Bertz CT molecular complexity index is 769. The number of nitrogens with one attached hydrogen (secondary N) is 2. The number of carbonyl (C=O) groups is 2. The van der Waals surface area contributed by atoms with Gasteiger partial charge in [0.25, 0.3) is 0 Å². The molecule has 0 saturated heterocycles. The van der Waals surface area contributed by atoms with Gasteiger partial charge in [0.1, 0.15) is 11.8 Å². The molecule has 1 amide bonds. The highest BCUT2D eigenvalue weighted by Gasteiger charge is 2.26. The molecule has 0 bridgehead atoms. The van der Waals surface area contributed by atoms with Crippen LogP contribution in [0, 0.1) is 5.92 Å². The number of aliphatic carboxylic acids is 1. The predicted molar refractivity (Wildman–Crippen MR) is 101 cm³/mol. The molecule has 7 nitrogen and oxygen atoms in total. The van der Waals surface area contributed by atoms with Crippen LogP contribution in [0.2, 0.25) is 0 Å². The van der Waals surface area contributed by atoms with Gasteiger partial charge in [-0.2, -0.15) is 0 Å². The van der Waals surface area contributed by atoms with Crippen molar-refractivity contribution in [3.63, 3.8) is 0 Å². The lowest BCUT2D eigenvalue weighted by molar-refractivity contribution is -0.140. The van der Waals surface area contributed by atoms with Crippen molar-refractivity contribution in [2.45, 2.75) is 32.7 Å². The van der Waals surface area contributed by atoms with Gasteiger partial charge in [0, 0.05) is 23.6 Å². The third-order valence-corrected chi connectivity index (χ3v) is 4.53. The highest BCUT2D eigenvalue weighted by Crippen LogP contribution is 2.29. The van der Waals surface area contributed by atoms with Gasteiger partial charge < -0.3 is 25.0 Å². The van der Waals surface area contributed by atoms with E-state index in [0.29, 0.717) is 12.2 Å². The molecular formula is C19H27N3O4. The van der Waals surface area contributed by atoms with E-state index in [1.165, 1.54) is 0 Å². The molecule has 2 atom stereocenters. The zero-order chi connectivity index (χ0) is 19.3. The van der Waals surface area contributed by atoms with Gasteiger partial charge >= 0.3 is 12.1 Å². The highest BCUT2D eigenvalue weighted by molar-refractivity contribution is 5.91. The van der Waals surface area contributed by atoms with Crippen LogP contribution in [0.5, 0.6) is 5.75 Å². The van der Waals surface area contributed by atoms with Crippen molar-refractivity contribution in [1.29, 1.82) is 0 Å². The average Bonchev–Trinajstić information content (AvgIpc) is 3.01. The molecule has 26 heavy (non-hydrogen) atoms. The third-order valence-electron chi connectivity index (χ3n) is 4.53. The Morgan fingerprint density at radius 2 is 2.08 bits per heavy atom. The Hall–Kier alpha value is -2.54. The number of carboxylic acids is 1. The van der Waals surface area contributed by atoms with Crippen molar-refractivity contribution in [1.82, 2.24) is 15.2 Å². The summed E-state index contributed by atoms with van der Waals surface area (Å²) in [6, 6.07) is 4.44. The number of fused-ring (bicyclic) bond motifs is 1. The fraction of sp³-hybridized carbons (Fsp3) is 0.474. The Balaban J connectivity index is 2.20. The van der Waals surface area contributed by atoms with Crippen molar-refractivity contribution >= 4 is 23.0 Å². The van der Waals surface area contributed by atoms with Crippen LogP contribution in [0.1, 0.15) is 25.8 Å². The standard InChI is InChI=1S/C19H27N3O4/c1-5-12(2)17(18(23)24)21-19(25)26-15-8-6-7-14-16(15)13(11-20-14)9-10-22(3)4/h6-8,11-12,17,20H,5,9-10H2,1-4H3,(H,21,25)(H,23,24)/t12-,17-/m1/s1. The van der Waals surface area contributed by atoms with E-state index < -0.39 is 18.1 Å². The molecule has 1 aromatic carbocycles. The third kappa shape index (κ3) is 4.76. The highest BCUT2D eigenvalue weighted by atomic mass is 16.6. The van der Waals surface area contributed by atoms with Crippen LogP contribution in [-0.4, -0.2) is 53.7 Å². The maximum atomic E-state index is 12.3. The quantitative estimate of drug-likeness (QED) is 0.672. The van der Waals surface area contributed by atoms with E-state index in [0.717, 1.165) is 29.4 Å². The summed E-state index contributed by atoms with van der Waals surface area (Å²) in [5, 5.41) is 12.6. The number of carbonyl (C=O) groups excluding carboxylic acids is 1. The first-order valence-corrected chi connectivity index (χ1v) is 8.78. The molecule has 0 fully saturated rings. The van der Waals surface area contributed by atoms with Crippen molar-refractivity contribution < 1.29 is 19.4 Å². The number of benzene rings is 1. The lowest BCUT2D eigenvalue weighted by Gasteiger charge is -2.20. The van der Waals surface area contributed by atoms with Crippen LogP contribution >= 0.6 is 0 Å². The summed E-state index contributed by atoms with van der Waals surface area (Å²) in [6.45, 7) is 4.53. The Kier molecular flexibility index (Phi) is 6.63. The van der Waals surface area contributed by atoms with Crippen molar-refractivity contribution in [2.75, 3.05) is 20.6 Å². The van der Waals surface area contributed by atoms with E-state index in [1.807, 2.05) is 33.3 Å². The second-order valence-corrected chi connectivity index (χ2v) is 6.78. The zero-order valence-electron chi connectivity index (χ0n) is 15.7. The van der Waals surface area contributed by atoms with E-state index in [1.54, 1.807) is 19.1 Å². The van der Waals surface area contributed by atoms with E-state index in [9.17, 15) is 14.7 Å². The minimum Gasteiger partial charge on any atom is -0.480 e. The van der Waals surface area contributed by atoms with Crippen LogP contribution in [0.4, 0.5) is 4.79 Å². The minimum atomic E-state index is -1.07. The number of aromatic amines is 1. The molecule has 2 aromatic rings. The Morgan fingerprint density at radius 1 is 1.35 bits per heavy atom. The molecule has 0 saturated carbocycles. The van der Waals surface area contributed by atoms with Crippen LogP contribution in [0.3, 0.4) is 0 Å². The molecule has 0 unspecified atom stereocenters. The van der Waals surface area contributed by atoms with Gasteiger partial charge in [-0.1, -0.05) is 26.3 Å². The summed E-state index contributed by atoms with van der Waals surface area (Å²) in [5.74, 6) is -0.843. The zero-order valence-corrected chi connectivity index (χ0v) is 15.7. The van der Waals surface area contributed by atoms with Gasteiger partial charge in [0.2, 0.25) is 0 Å². The number of likely N-dealkylation sites (N-methyl/N-ethyl adjacent to an activating group) is 1. The van der Waals surface area contributed by atoms with Gasteiger partial charge in [-0.3, -0.25) is 0 Å². The normalized spacial score (nSPS) is 13.6. The Labute approximate surface area is 153 Å². The maximum Gasteiger partial charge on any atom is 0.413 e. The fourth-order valence-corrected chi connectivity index (χ4v) is 2.79. The van der Waals surface area contributed by atoms with Gasteiger partial charge in [0.05, 0.1) is 0 Å². The molecular weight excluding hydrogens is 334 g/mol. The van der Waals surface area contributed by atoms with Crippen molar-refractivity contribution in [2.24, 2.45) is 5.92 Å².